The maximum absolute atomic E-state index is 14.0. The lowest BCUT2D eigenvalue weighted by Gasteiger charge is -2.38. The van der Waals surface area contributed by atoms with Gasteiger partial charge in [0.25, 0.3) is 0 Å². The number of benzene rings is 2. The summed E-state index contributed by atoms with van der Waals surface area (Å²) in [5, 5.41) is 12.5. The van der Waals surface area contributed by atoms with E-state index in [4.69, 9.17) is 9.15 Å². The van der Waals surface area contributed by atoms with Crippen molar-refractivity contribution in [2.24, 2.45) is 0 Å². The summed E-state index contributed by atoms with van der Waals surface area (Å²) < 4.78 is 26.2. The van der Waals surface area contributed by atoms with Gasteiger partial charge in [-0.25, -0.2) is 9.37 Å². The second kappa shape index (κ2) is 8.57. The van der Waals surface area contributed by atoms with Crippen LogP contribution in [0.15, 0.2) is 53.1 Å². The Hall–Kier alpha value is -2.48. The molecule has 0 aliphatic carbocycles. The molecule has 1 N–H and O–H groups in total. The average molecular weight is 441 g/mol. The number of halogens is 1. The summed E-state index contributed by atoms with van der Waals surface area (Å²) in [6, 6.07) is 13.0. The number of hydrogen-bond donors (Lipinski definition) is 1. The number of aliphatic hydroxyl groups is 1. The van der Waals surface area contributed by atoms with Crippen molar-refractivity contribution in [1.29, 1.82) is 0 Å². The van der Waals surface area contributed by atoms with Crippen molar-refractivity contribution in [2.75, 3.05) is 19.7 Å². The molecule has 7 heteroatoms. The van der Waals surface area contributed by atoms with E-state index < -0.39 is 6.10 Å². The Morgan fingerprint density at radius 1 is 1.29 bits per heavy atom. The van der Waals surface area contributed by atoms with Crippen molar-refractivity contribution in [1.82, 2.24) is 9.88 Å². The maximum atomic E-state index is 14.0. The first-order valence-corrected chi connectivity index (χ1v) is 11.5. The van der Waals surface area contributed by atoms with E-state index >= 15 is 0 Å². The Labute approximate surface area is 184 Å². The van der Waals surface area contributed by atoms with Crippen molar-refractivity contribution < 1.29 is 18.7 Å². The fraction of sp³-hybridized carbons (Fsp3) is 0.375. The lowest BCUT2D eigenvalue weighted by Crippen LogP contribution is -2.45. The third kappa shape index (κ3) is 4.18. The summed E-state index contributed by atoms with van der Waals surface area (Å²) in [6.45, 7) is 3.84. The third-order valence-corrected chi connectivity index (χ3v) is 7.26. The van der Waals surface area contributed by atoms with Gasteiger partial charge in [-0.2, -0.15) is 0 Å². The van der Waals surface area contributed by atoms with E-state index in [0.717, 1.165) is 45.8 Å². The number of ether oxygens (including phenoxy) is 1. The van der Waals surface area contributed by atoms with Crippen LogP contribution in [0.25, 0.3) is 21.2 Å². The number of thiazole rings is 1. The van der Waals surface area contributed by atoms with Gasteiger partial charge in [0.2, 0.25) is 0 Å². The number of aromatic nitrogens is 1. The molecule has 0 amide bonds. The maximum Gasteiger partial charge on any atom is 0.150 e. The zero-order valence-corrected chi connectivity index (χ0v) is 18.1. The number of piperidine rings is 1. The van der Waals surface area contributed by atoms with Gasteiger partial charge < -0.3 is 14.3 Å². The quantitative estimate of drug-likeness (QED) is 0.447. The number of nitrogens with zero attached hydrogens (tertiary/aromatic N) is 2. The summed E-state index contributed by atoms with van der Waals surface area (Å²) in [5.74, 6) is 0.801. The van der Waals surface area contributed by atoms with E-state index in [-0.39, 0.29) is 12.4 Å². The molecule has 0 spiro atoms. The Balaban J connectivity index is 1.18. The molecule has 4 aromatic rings. The highest BCUT2D eigenvalue weighted by atomic mass is 32.1. The molecular weight excluding hydrogens is 415 g/mol. The van der Waals surface area contributed by atoms with Crippen LogP contribution in [-0.4, -0.2) is 46.8 Å². The van der Waals surface area contributed by atoms with E-state index in [2.05, 4.69) is 16.8 Å². The van der Waals surface area contributed by atoms with Crippen LogP contribution < -0.4 is 4.74 Å². The van der Waals surface area contributed by atoms with Crippen molar-refractivity contribution in [3.05, 3.63) is 59.6 Å². The van der Waals surface area contributed by atoms with Crippen molar-refractivity contribution in [3.8, 4) is 5.75 Å². The highest BCUT2D eigenvalue weighted by Gasteiger charge is 2.29. The fourth-order valence-corrected chi connectivity index (χ4v) is 5.55. The number of furan rings is 1. The minimum atomic E-state index is -0.585. The minimum absolute atomic E-state index is 0.230. The van der Waals surface area contributed by atoms with Crippen molar-refractivity contribution in [2.45, 2.75) is 37.8 Å². The second-order valence-electron chi connectivity index (χ2n) is 8.26. The first-order valence-electron chi connectivity index (χ1n) is 10.6. The topological polar surface area (TPSA) is 58.7 Å². The van der Waals surface area contributed by atoms with Gasteiger partial charge >= 0.3 is 0 Å². The molecular formula is C24H25FN2O3S. The van der Waals surface area contributed by atoms with E-state index in [1.807, 2.05) is 30.3 Å². The smallest absolute Gasteiger partial charge is 0.150 e. The molecule has 2 aromatic carbocycles. The zero-order chi connectivity index (χ0) is 21.4. The lowest BCUT2D eigenvalue weighted by atomic mass is 9.92. The molecule has 5 nitrogen and oxygen atoms in total. The van der Waals surface area contributed by atoms with Gasteiger partial charge in [-0.3, -0.25) is 4.90 Å². The van der Waals surface area contributed by atoms with Crippen LogP contribution in [-0.2, 0) is 0 Å². The molecule has 1 aliphatic rings. The molecule has 0 unspecified atom stereocenters. The van der Waals surface area contributed by atoms with E-state index in [9.17, 15) is 9.50 Å². The molecule has 1 aliphatic heterocycles. The predicted molar refractivity (Wildman–Crippen MR) is 120 cm³/mol. The molecule has 5 rings (SSSR count). The number of hydrogen-bond acceptors (Lipinski definition) is 6. The van der Waals surface area contributed by atoms with E-state index in [1.54, 1.807) is 23.7 Å². The number of para-hydroxylation sites is 1. The first-order chi connectivity index (χ1) is 15.1. The predicted octanol–water partition coefficient (Wildman–Crippen LogP) is 5.19. The molecule has 0 saturated carbocycles. The van der Waals surface area contributed by atoms with Crippen LogP contribution in [0, 0.1) is 5.82 Å². The number of fused-ring (bicyclic) bond motifs is 2. The number of likely N-dealkylation sites (tertiary alicyclic amines) is 1. The molecule has 3 heterocycles. The summed E-state index contributed by atoms with van der Waals surface area (Å²) in [6.07, 6.45) is 2.95. The number of aliphatic hydroxyl groups excluding tert-OH is 1. The Morgan fingerprint density at radius 2 is 2.16 bits per heavy atom. The van der Waals surface area contributed by atoms with Crippen molar-refractivity contribution in [3.63, 3.8) is 0 Å². The molecule has 1 fully saturated rings. The average Bonchev–Trinajstić information content (AvgIpc) is 3.41. The summed E-state index contributed by atoms with van der Waals surface area (Å²) in [5.41, 5.74) is 1.26. The SMILES string of the molecule is C[C@@H]1C[C@H](c2nc3c(F)cccc3s2)CCN1C[C@H](O)COc1cccc2occc12. The highest BCUT2D eigenvalue weighted by Crippen LogP contribution is 2.36. The Kier molecular flexibility index (Phi) is 5.65. The highest BCUT2D eigenvalue weighted by molar-refractivity contribution is 7.18. The van der Waals surface area contributed by atoms with E-state index in [0.29, 0.717) is 24.0 Å². The number of rotatable bonds is 6. The van der Waals surface area contributed by atoms with Gasteiger partial charge in [0, 0.05) is 18.5 Å². The van der Waals surface area contributed by atoms with Gasteiger partial charge in [0.1, 0.15) is 35.4 Å². The van der Waals surface area contributed by atoms with Gasteiger partial charge in [0.15, 0.2) is 0 Å². The largest absolute Gasteiger partial charge is 0.490 e. The Bertz CT molecular complexity index is 1190. The first kappa shape index (κ1) is 20.4. The molecule has 162 valence electrons. The van der Waals surface area contributed by atoms with Crippen LogP contribution in [0.4, 0.5) is 4.39 Å². The van der Waals surface area contributed by atoms with Crippen LogP contribution in [0.5, 0.6) is 5.75 Å². The van der Waals surface area contributed by atoms with Gasteiger partial charge in [-0.15, -0.1) is 11.3 Å². The summed E-state index contributed by atoms with van der Waals surface area (Å²) in [7, 11) is 0. The second-order valence-corrected chi connectivity index (χ2v) is 9.32. The van der Waals surface area contributed by atoms with Crippen LogP contribution >= 0.6 is 11.3 Å². The Morgan fingerprint density at radius 3 is 3.00 bits per heavy atom. The monoisotopic (exact) mass is 440 g/mol. The third-order valence-electron chi connectivity index (χ3n) is 6.08. The van der Waals surface area contributed by atoms with Crippen LogP contribution in [0.2, 0.25) is 0 Å². The minimum Gasteiger partial charge on any atom is -0.490 e. The van der Waals surface area contributed by atoms with Gasteiger partial charge in [0.05, 0.1) is 21.4 Å². The van der Waals surface area contributed by atoms with Crippen LogP contribution in [0.1, 0.15) is 30.7 Å². The molecule has 0 bridgehead atoms. The molecule has 31 heavy (non-hydrogen) atoms. The van der Waals surface area contributed by atoms with Crippen molar-refractivity contribution >= 4 is 32.5 Å². The molecule has 0 radical (unpaired) electrons. The normalized spacial score (nSPS) is 21.0. The molecule has 2 aromatic heterocycles. The van der Waals surface area contributed by atoms with Gasteiger partial charge in [-0.05, 0) is 56.6 Å². The molecule has 1 saturated heterocycles. The summed E-state index contributed by atoms with van der Waals surface area (Å²) >= 11 is 1.60. The van der Waals surface area contributed by atoms with Crippen LogP contribution in [0.3, 0.4) is 0 Å². The number of β-amino-alcohol motifs (C(OH)–C–C–N with tert-alkyl or cyclic N) is 1. The standard InChI is InChI=1S/C24H25FN2O3S/c1-15-12-16(24-26-23-19(25)4-2-7-22(23)31-24)8-10-27(15)13-17(28)14-30-21-6-3-5-20-18(21)9-11-29-20/h2-7,9,11,15-17,28H,8,10,12-14H2,1H3/t15-,16-,17+/m1/s1. The zero-order valence-electron chi connectivity index (χ0n) is 17.3. The fourth-order valence-electron chi connectivity index (χ4n) is 4.42. The van der Waals surface area contributed by atoms with Gasteiger partial charge in [-0.1, -0.05) is 12.1 Å². The molecule has 3 atom stereocenters. The van der Waals surface area contributed by atoms with E-state index in [1.165, 1.54) is 6.07 Å². The summed E-state index contributed by atoms with van der Waals surface area (Å²) in [4.78, 5) is 6.89. The lowest BCUT2D eigenvalue weighted by molar-refractivity contribution is 0.0405.